The molecule has 0 atom stereocenters. The SMILES string of the molecule is CCCCCCCCCCCCOc1cc(Nc2nc(N)nc(Nc3ccc(-c4cc(C5=C(c6cc(-c7ccc(Nc8nc(N)nc(Nc9cc(OCCCCCCCCCCCC)c(OCCCCCCCCCCCC)c(OCCCCCCCCCCCC)c9)n8)cc7)sc6C)C(F)(F)C(F)(F)C5(F)F)c(C)s4)cc3)n2)cc(OCCCCCCCCCCCC)c1OCCCCCCCCCCCC. The van der Waals surface area contributed by atoms with Crippen LogP contribution in [0.25, 0.3) is 32.0 Å². The van der Waals surface area contributed by atoms with Gasteiger partial charge in [0.25, 0.3) is 0 Å². The number of rotatable bonds is 84. The number of alkyl halides is 6. The van der Waals surface area contributed by atoms with Gasteiger partial charge < -0.3 is 61.2 Å². The van der Waals surface area contributed by atoms with Gasteiger partial charge in [-0.1, -0.05) is 413 Å². The van der Waals surface area contributed by atoms with Crippen molar-refractivity contribution in [3.05, 3.63) is 106 Å². The Morgan fingerprint density at radius 1 is 0.252 bits per heavy atom. The van der Waals surface area contributed by atoms with Crippen LogP contribution in [0.15, 0.2) is 84.9 Å². The quantitative estimate of drug-likeness (QED) is 0.0154. The number of hydrogen-bond acceptors (Lipinski definition) is 20. The molecule has 4 heterocycles. The normalized spacial score (nSPS) is 13.2. The molecule has 0 unspecified atom stereocenters. The first-order valence-corrected chi connectivity index (χ1v) is 57.9. The Labute approximate surface area is 863 Å². The molecule has 9 rings (SSSR count). The summed E-state index contributed by atoms with van der Waals surface area (Å²) in [5, 5.41) is 13.1. The first-order chi connectivity index (χ1) is 69.7. The molecule has 18 nitrogen and oxygen atoms in total. The van der Waals surface area contributed by atoms with E-state index in [2.05, 4.69) is 82.7 Å². The minimum atomic E-state index is -5.79. The van der Waals surface area contributed by atoms with Crippen LogP contribution >= 0.6 is 22.7 Å². The second-order valence-corrected chi connectivity index (χ2v) is 42.3. The Balaban J connectivity index is 0.900. The van der Waals surface area contributed by atoms with Gasteiger partial charge in [0.1, 0.15) is 0 Å². The third-order valence-corrected chi connectivity index (χ3v) is 29.5. The van der Waals surface area contributed by atoms with Crippen LogP contribution in [0.4, 0.5) is 84.8 Å². The fourth-order valence-electron chi connectivity index (χ4n) is 18.8. The third kappa shape index (κ3) is 41.5. The number of benzene rings is 4. The van der Waals surface area contributed by atoms with Crippen molar-refractivity contribution in [2.75, 3.05) is 72.4 Å². The van der Waals surface area contributed by atoms with E-state index >= 15 is 26.3 Å². The molecule has 1 aliphatic carbocycles. The van der Waals surface area contributed by atoms with Crippen molar-refractivity contribution >= 4 is 92.3 Å². The Morgan fingerprint density at radius 2 is 0.448 bits per heavy atom. The Kier molecular flexibility index (Phi) is 55.9. The summed E-state index contributed by atoms with van der Waals surface area (Å²) in [6.45, 7) is 19.5. The zero-order valence-electron chi connectivity index (χ0n) is 88.6. The number of anilines is 10. The molecular formula is C117H178F6N12O6S2. The summed E-state index contributed by atoms with van der Waals surface area (Å²) >= 11 is 2.06. The lowest BCUT2D eigenvalue weighted by Crippen LogP contribution is -2.48. The van der Waals surface area contributed by atoms with Gasteiger partial charge in [-0.15, -0.1) is 22.7 Å². The van der Waals surface area contributed by atoms with Crippen LogP contribution in [0.5, 0.6) is 34.5 Å². The van der Waals surface area contributed by atoms with Crippen LogP contribution < -0.4 is 61.2 Å². The minimum Gasteiger partial charge on any atom is -0.489 e. The average Bonchev–Trinajstić information content (AvgIpc) is 1.52. The first kappa shape index (κ1) is 118. The average molecular weight is 2030 g/mol. The zero-order chi connectivity index (χ0) is 102. The molecule has 0 aliphatic heterocycles. The predicted octanol–water partition coefficient (Wildman–Crippen LogP) is 37.9. The van der Waals surface area contributed by atoms with Gasteiger partial charge in [0.15, 0.2) is 23.0 Å². The van der Waals surface area contributed by atoms with Crippen LogP contribution in [0.3, 0.4) is 0 Å². The molecule has 0 saturated heterocycles. The highest BCUT2D eigenvalue weighted by Crippen LogP contribution is 2.66. The highest BCUT2D eigenvalue weighted by molar-refractivity contribution is 7.16. The number of aromatic nitrogens is 6. The summed E-state index contributed by atoms with van der Waals surface area (Å²) in [4.78, 5) is 28.4. The standard InChI is InChI=1S/C117H178F6N12O6S2/c1-9-15-21-27-33-39-45-51-57-63-77-136-99-83-95(84-100(137-78-64-58-52-46-40-34-28-22-16-10-2)107(99)140-81-67-61-55-49-43-37-31-25-19-13-5)128-113-132-109(124)130-111(134-113)126-93-73-69-91(70-74-93)103-87-97(89(7)142-103)105-106(116(120,121)117(122,123)115(105,118)119)98-88-104(143-90(98)8)92-71-75-94(76-72-92)127-112-131-110(125)133-114(135-112)129-96-85-101(138-79-65-59-53-47-41-35-29-23-17-11-3)108(141-82-68-62-56-50-44-38-32-26-20-14-6)102(86-96)139-80-66-60-54-48-42-36-30-24-18-12-4/h69-76,83-88H,9-68,77-82H2,1-8H3,(H4,124,126,128,130,132,134)(H4,125,127,129,131,133,135). The molecule has 1 aliphatic rings. The maximum atomic E-state index is 16.8. The number of nitrogens with one attached hydrogen (secondary N) is 4. The van der Waals surface area contributed by atoms with Crippen LogP contribution in [-0.4, -0.2) is 87.3 Å². The van der Waals surface area contributed by atoms with Gasteiger partial charge >= 0.3 is 17.8 Å². The van der Waals surface area contributed by atoms with E-state index in [1.54, 1.807) is 48.5 Å². The lowest BCUT2D eigenvalue weighted by atomic mass is 9.94. The molecule has 796 valence electrons. The maximum absolute atomic E-state index is 16.8. The second kappa shape index (κ2) is 67.9. The number of aryl methyl sites for hydroxylation is 2. The lowest BCUT2D eigenvalue weighted by Gasteiger charge is -2.25. The number of unbranched alkanes of at least 4 members (excludes halogenated alkanes) is 54. The van der Waals surface area contributed by atoms with Crippen LogP contribution in [0.1, 0.15) is 448 Å². The predicted molar refractivity (Wildman–Crippen MR) is 589 cm³/mol. The smallest absolute Gasteiger partial charge is 0.380 e. The Hall–Kier alpha value is -8.78. The molecule has 4 aromatic carbocycles. The van der Waals surface area contributed by atoms with E-state index < -0.39 is 40.0 Å². The maximum Gasteiger partial charge on any atom is 0.380 e. The number of nitrogens with two attached hydrogens (primary N) is 2. The summed E-state index contributed by atoms with van der Waals surface area (Å²) in [6, 6.07) is 23.8. The van der Waals surface area contributed by atoms with Crippen molar-refractivity contribution in [2.24, 2.45) is 0 Å². The molecule has 0 bridgehead atoms. The molecule has 0 fully saturated rings. The number of halogens is 6. The van der Waals surface area contributed by atoms with Crippen molar-refractivity contribution in [3.63, 3.8) is 0 Å². The number of hydrogen-bond donors (Lipinski definition) is 6. The van der Waals surface area contributed by atoms with Gasteiger partial charge in [-0.05, 0) is 111 Å². The molecule has 4 aromatic heterocycles. The zero-order valence-corrected chi connectivity index (χ0v) is 90.3. The first-order valence-electron chi connectivity index (χ1n) is 56.3. The van der Waals surface area contributed by atoms with E-state index in [9.17, 15) is 0 Å². The summed E-state index contributed by atoms with van der Waals surface area (Å²) in [5.74, 6) is -12.6. The van der Waals surface area contributed by atoms with Gasteiger partial charge in [-0.2, -0.15) is 56.2 Å². The fraction of sp³-hybridized carbons (Fsp3) is 0.658. The van der Waals surface area contributed by atoms with E-state index in [1.165, 1.54) is 296 Å². The molecule has 8 aromatic rings. The van der Waals surface area contributed by atoms with E-state index in [0.29, 0.717) is 118 Å². The van der Waals surface area contributed by atoms with Gasteiger partial charge in [0.05, 0.1) is 39.6 Å². The molecule has 143 heavy (non-hydrogen) atoms. The van der Waals surface area contributed by atoms with Crippen LogP contribution in [-0.2, 0) is 0 Å². The topological polar surface area (TPSA) is 233 Å². The second-order valence-electron chi connectivity index (χ2n) is 39.8. The van der Waals surface area contributed by atoms with E-state index in [0.717, 1.165) is 138 Å². The number of nitrogen functional groups attached to an aromatic ring is 2. The van der Waals surface area contributed by atoms with Crippen molar-refractivity contribution in [2.45, 2.75) is 458 Å². The fourth-order valence-corrected chi connectivity index (χ4v) is 20.8. The van der Waals surface area contributed by atoms with Crippen molar-refractivity contribution < 1.29 is 54.8 Å². The summed E-state index contributed by atoms with van der Waals surface area (Å²) in [6.07, 6.45) is 72.2. The Morgan fingerprint density at radius 3 is 0.664 bits per heavy atom. The molecule has 8 N–H and O–H groups in total. The molecular weight excluding hydrogens is 1850 g/mol. The highest BCUT2D eigenvalue weighted by Gasteiger charge is 2.80. The van der Waals surface area contributed by atoms with Crippen molar-refractivity contribution in [1.82, 2.24) is 29.9 Å². The highest BCUT2D eigenvalue weighted by atomic mass is 32.1. The number of thiophene rings is 2. The van der Waals surface area contributed by atoms with E-state index in [4.69, 9.17) is 49.9 Å². The molecule has 0 radical (unpaired) electrons. The van der Waals surface area contributed by atoms with Crippen molar-refractivity contribution in [3.8, 4) is 55.4 Å². The van der Waals surface area contributed by atoms with Gasteiger partial charge in [-0.25, -0.2) is 0 Å². The van der Waals surface area contributed by atoms with Gasteiger partial charge in [0, 0.05) is 77.7 Å². The summed E-state index contributed by atoms with van der Waals surface area (Å²) in [7, 11) is 0. The molecule has 0 saturated carbocycles. The van der Waals surface area contributed by atoms with Gasteiger partial charge in [0.2, 0.25) is 47.2 Å². The molecule has 26 heteroatoms. The largest absolute Gasteiger partial charge is 0.489 e. The monoisotopic (exact) mass is 2030 g/mol. The number of nitrogens with zero attached hydrogens (tertiary/aromatic N) is 6. The van der Waals surface area contributed by atoms with Crippen molar-refractivity contribution in [1.29, 1.82) is 0 Å². The number of allylic oxidation sites excluding steroid dienone is 2. The Bertz CT molecular complexity index is 4460. The van der Waals surface area contributed by atoms with Gasteiger partial charge in [-0.3, -0.25) is 0 Å². The summed E-state index contributed by atoms with van der Waals surface area (Å²) < 4.78 is 140. The van der Waals surface area contributed by atoms with Crippen LogP contribution in [0, 0.1) is 13.8 Å². The summed E-state index contributed by atoms with van der Waals surface area (Å²) in [5.41, 5.74) is 12.4. The molecule has 0 spiro atoms. The third-order valence-electron chi connectivity index (χ3n) is 27.3. The minimum absolute atomic E-state index is 0.0750. The molecule has 0 amide bonds. The lowest BCUT2D eigenvalue weighted by molar-refractivity contribution is -0.254. The van der Waals surface area contributed by atoms with Crippen LogP contribution in [0.2, 0.25) is 0 Å². The van der Waals surface area contributed by atoms with E-state index in [-0.39, 0.29) is 45.4 Å². The number of ether oxygens (including phenoxy) is 6. The van der Waals surface area contributed by atoms with E-state index in [1.807, 2.05) is 24.3 Å².